The second-order valence-electron chi connectivity index (χ2n) is 5.76. The molecule has 1 fully saturated rings. The molecule has 0 spiro atoms. The number of hydrogen-bond donors (Lipinski definition) is 0. The van der Waals surface area contributed by atoms with Crippen molar-refractivity contribution in [3.05, 3.63) is 0 Å². The predicted octanol–water partition coefficient (Wildman–Crippen LogP) is 3.42. The minimum atomic E-state index is -1.31. The molecule has 0 radical (unpaired) electrons. The maximum Gasteiger partial charge on any atom is 0.187 e. The molecular formula is C10H22OSi. The molecule has 2 heteroatoms. The summed E-state index contributed by atoms with van der Waals surface area (Å²) < 4.78 is 6.22. The van der Waals surface area contributed by atoms with Gasteiger partial charge in [0, 0.05) is 0 Å². The van der Waals surface area contributed by atoms with Crippen molar-refractivity contribution >= 4 is 8.32 Å². The zero-order valence-electron chi connectivity index (χ0n) is 9.32. The third-order valence-electron chi connectivity index (χ3n) is 3.51. The Balaban J connectivity index is 2.82. The van der Waals surface area contributed by atoms with Crippen LogP contribution in [0, 0.1) is 5.41 Å². The highest BCUT2D eigenvalue weighted by molar-refractivity contribution is 6.71. The van der Waals surface area contributed by atoms with Crippen LogP contribution >= 0.6 is 0 Å². The van der Waals surface area contributed by atoms with Crippen molar-refractivity contribution in [2.24, 2.45) is 5.41 Å². The largest absolute Gasteiger partial charge is 0.412 e. The van der Waals surface area contributed by atoms with Gasteiger partial charge in [0.2, 0.25) is 0 Å². The zero-order valence-corrected chi connectivity index (χ0v) is 10.3. The Morgan fingerprint density at radius 1 is 1.08 bits per heavy atom. The summed E-state index contributed by atoms with van der Waals surface area (Å²) in [5, 5.41) is 0. The van der Waals surface area contributed by atoms with E-state index in [2.05, 4.69) is 40.8 Å². The van der Waals surface area contributed by atoms with E-state index in [0.29, 0.717) is 5.41 Å². The molecule has 0 aliphatic carbocycles. The monoisotopic (exact) mass is 186 g/mol. The first-order chi connectivity index (χ1) is 5.16. The molecular weight excluding hydrogens is 164 g/mol. The van der Waals surface area contributed by atoms with Crippen LogP contribution in [0.1, 0.15) is 34.1 Å². The third-order valence-corrected chi connectivity index (χ3v) is 6.03. The van der Waals surface area contributed by atoms with Crippen LogP contribution in [0.2, 0.25) is 19.1 Å². The van der Waals surface area contributed by atoms with Crippen LogP contribution in [0.3, 0.4) is 0 Å². The molecule has 1 aliphatic rings. The maximum absolute atomic E-state index is 6.22. The van der Waals surface area contributed by atoms with Gasteiger partial charge in [-0.05, 0) is 44.8 Å². The molecule has 1 aliphatic heterocycles. The predicted molar refractivity (Wildman–Crippen MR) is 55.9 cm³/mol. The molecule has 72 valence electrons. The van der Waals surface area contributed by atoms with E-state index >= 15 is 0 Å². The van der Waals surface area contributed by atoms with Gasteiger partial charge in [0.15, 0.2) is 8.32 Å². The lowest BCUT2D eigenvalue weighted by atomic mass is 9.75. The average molecular weight is 186 g/mol. The van der Waals surface area contributed by atoms with Gasteiger partial charge >= 0.3 is 0 Å². The highest BCUT2D eigenvalue weighted by Crippen LogP contribution is 2.46. The normalized spacial score (nSPS) is 31.5. The highest BCUT2D eigenvalue weighted by atomic mass is 28.4. The molecule has 0 unspecified atom stereocenters. The van der Waals surface area contributed by atoms with E-state index in [1.807, 2.05) is 0 Å². The molecule has 0 N–H and O–H groups in total. The Labute approximate surface area is 77.6 Å². The standard InChI is InChI=1S/C10H22OSi/c1-9(2)7-8-12(5,6)11-10(9,3)4/h7-8H2,1-6H3. The van der Waals surface area contributed by atoms with E-state index in [1.54, 1.807) is 0 Å². The van der Waals surface area contributed by atoms with E-state index < -0.39 is 8.32 Å². The lowest BCUT2D eigenvalue weighted by molar-refractivity contribution is -0.0391. The second kappa shape index (κ2) is 2.58. The fraction of sp³-hybridized carbons (Fsp3) is 1.00. The summed E-state index contributed by atoms with van der Waals surface area (Å²) in [5.41, 5.74) is 0.413. The van der Waals surface area contributed by atoms with Crippen LogP contribution in [0.25, 0.3) is 0 Å². The first-order valence-corrected chi connectivity index (χ1v) is 7.98. The minimum absolute atomic E-state index is 0.0704. The lowest BCUT2D eigenvalue weighted by Gasteiger charge is -2.51. The van der Waals surface area contributed by atoms with E-state index in [9.17, 15) is 0 Å². The van der Waals surface area contributed by atoms with Crippen molar-refractivity contribution in [1.29, 1.82) is 0 Å². The molecule has 0 aromatic carbocycles. The third kappa shape index (κ3) is 1.74. The van der Waals surface area contributed by atoms with Crippen molar-refractivity contribution in [2.75, 3.05) is 0 Å². The van der Waals surface area contributed by atoms with Crippen molar-refractivity contribution in [1.82, 2.24) is 0 Å². The number of hydrogen-bond acceptors (Lipinski definition) is 1. The lowest BCUT2D eigenvalue weighted by Crippen LogP contribution is -2.54. The molecule has 0 aromatic heterocycles. The van der Waals surface area contributed by atoms with Crippen molar-refractivity contribution in [3.63, 3.8) is 0 Å². The van der Waals surface area contributed by atoms with Crippen LogP contribution in [-0.2, 0) is 4.43 Å². The minimum Gasteiger partial charge on any atom is -0.412 e. The summed E-state index contributed by atoms with van der Waals surface area (Å²) in [6.45, 7) is 13.8. The molecule has 12 heavy (non-hydrogen) atoms. The summed E-state index contributed by atoms with van der Waals surface area (Å²) in [4.78, 5) is 0. The molecule has 0 bridgehead atoms. The van der Waals surface area contributed by atoms with Gasteiger partial charge in [-0.25, -0.2) is 0 Å². The van der Waals surface area contributed by atoms with Gasteiger partial charge in [0.05, 0.1) is 5.60 Å². The maximum atomic E-state index is 6.22. The molecule has 0 amide bonds. The number of rotatable bonds is 0. The molecule has 1 nitrogen and oxygen atoms in total. The van der Waals surface area contributed by atoms with Gasteiger partial charge in [-0.15, -0.1) is 0 Å². The molecule has 1 heterocycles. The Morgan fingerprint density at radius 3 is 1.92 bits per heavy atom. The summed E-state index contributed by atoms with van der Waals surface area (Å²) in [7, 11) is -1.31. The van der Waals surface area contributed by atoms with Crippen LogP contribution in [0.5, 0.6) is 0 Å². The summed E-state index contributed by atoms with van der Waals surface area (Å²) in [6.07, 6.45) is 1.32. The van der Waals surface area contributed by atoms with Gasteiger partial charge in [-0.2, -0.15) is 0 Å². The Morgan fingerprint density at radius 2 is 1.58 bits per heavy atom. The van der Waals surface area contributed by atoms with Gasteiger partial charge in [-0.3, -0.25) is 0 Å². The fourth-order valence-corrected chi connectivity index (χ4v) is 4.78. The molecule has 1 rings (SSSR count). The highest BCUT2D eigenvalue weighted by Gasteiger charge is 2.47. The molecule has 0 atom stereocenters. The Hall–Kier alpha value is 0.177. The summed E-state index contributed by atoms with van der Waals surface area (Å²) >= 11 is 0. The molecule has 1 saturated heterocycles. The van der Waals surface area contributed by atoms with Gasteiger partial charge < -0.3 is 4.43 Å². The van der Waals surface area contributed by atoms with Gasteiger partial charge in [0.1, 0.15) is 0 Å². The first kappa shape index (κ1) is 10.3. The molecule has 0 saturated carbocycles. The Kier molecular flexibility index (Phi) is 2.21. The Bertz CT molecular complexity index is 182. The molecule has 0 aromatic rings. The first-order valence-electron chi connectivity index (χ1n) is 4.87. The average Bonchev–Trinajstić information content (AvgIpc) is 1.79. The van der Waals surface area contributed by atoms with E-state index in [4.69, 9.17) is 4.43 Å². The summed E-state index contributed by atoms with van der Waals surface area (Å²) in [5.74, 6) is 0. The van der Waals surface area contributed by atoms with E-state index in [-0.39, 0.29) is 5.60 Å². The SMILES string of the molecule is CC1(C)CC[Si](C)(C)OC1(C)C. The second-order valence-corrected chi connectivity index (χ2v) is 9.98. The summed E-state index contributed by atoms with van der Waals surface area (Å²) in [6, 6.07) is 1.31. The van der Waals surface area contributed by atoms with Crippen molar-refractivity contribution < 1.29 is 4.43 Å². The topological polar surface area (TPSA) is 9.23 Å². The quantitative estimate of drug-likeness (QED) is 0.527. The van der Waals surface area contributed by atoms with Crippen molar-refractivity contribution in [3.8, 4) is 0 Å². The van der Waals surface area contributed by atoms with Gasteiger partial charge in [-0.1, -0.05) is 13.8 Å². The van der Waals surface area contributed by atoms with E-state index in [1.165, 1.54) is 12.5 Å². The van der Waals surface area contributed by atoms with Crippen molar-refractivity contribution in [2.45, 2.75) is 58.9 Å². The zero-order chi connectivity index (χ0) is 9.62. The van der Waals surface area contributed by atoms with E-state index in [0.717, 1.165) is 0 Å². The van der Waals surface area contributed by atoms with Gasteiger partial charge in [0.25, 0.3) is 0 Å². The van der Waals surface area contributed by atoms with Crippen LogP contribution in [-0.4, -0.2) is 13.9 Å². The van der Waals surface area contributed by atoms with Crippen LogP contribution in [0.4, 0.5) is 0 Å². The fourth-order valence-electron chi connectivity index (χ4n) is 1.79. The smallest absolute Gasteiger partial charge is 0.187 e. The van der Waals surface area contributed by atoms with Crippen LogP contribution < -0.4 is 0 Å². The van der Waals surface area contributed by atoms with Crippen LogP contribution in [0.15, 0.2) is 0 Å².